The Morgan fingerprint density at radius 2 is 2.39 bits per heavy atom. The van der Waals surface area contributed by atoms with Gasteiger partial charge in [0.2, 0.25) is 0 Å². The number of nitrogen functional groups attached to an aromatic ring is 1. The van der Waals surface area contributed by atoms with Gasteiger partial charge in [0, 0.05) is 18.8 Å². The van der Waals surface area contributed by atoms with Crippen LogP contribution in [0.1, 0.15) is 23.7 Å². The van der Waals surface area contributed by atoms with Crippen molar-refractivity contribution in [2.24, 2.45) is 0 Å². The fourth-order valence-electron chi connectivity index (χ4n) is 2.05. The number of nitrogens with zero attached hydrogens (tertiary/aromatic N) is 1. The molecule has 1 aliphatic rings. The van der Waals surface area contributed by atoms with E-state index in [1.54, 1.807) is 11.0 Å². The Bertz CT molecular complexity index is 448. The molecule has 0 aromatic heterocycles. The number of amides is 1. The normalized spacial score (nSPS) is 19.8. The van der Waals surface area contributed by atoms with Crippen molar-refractivity contribution in [3.8, 4) is 5.75 Å². The van der Waals surface area contributed by atoms with Gasteiger partial charge in [-0.2, -0.15) is 0 Å². The Balaban J connectivity index is 2.17. The number of hydrogen-bond donors (Lipinski definition) is 2. The molecular weight excluding hydrogens is 232 g/mol. The van der Waals surface area contributed by atoms with Gasteiger partial charge in [-0.05, 0) is 24.6 Å². The molecule has 18 heavy (non-hydrogen) atoms. The third-order valence-electron chi connectivity index (χ3n) is 3.15. The van der Waals surface area contributed by atoms with Crippen molar-refractivity contribution in [3.05, 3.63) is 23.8 Å². The summed E-state index contributed by atoms with van der Waals surface area (Å²) < 4.78 is 5.52. The maximum absolute atomic E-state index is 12.3. The summed E-state index contributed by atoms with van der Waals surface area (Å²) in [6, 6.07) is 4.43. The zero-order chi connectivity index (χ0) is 13.1. The van der Waals surface area contributed by atoms with Gasteiger partial charge in [0.25, 0.3) is 5.91 Å². The quantitative estimate of drug-likeness (QED) is 0.611. The van der Waals surface area contributed by atoms with E-state index in [-0.39, 0.29) is 17.8 Å². The molecular formula is C13H18N2O3. The molecule has 1 saturated heterocycles. The maximum atomic E-state index is 12.3. The maximum Gasteiger partial charge on any atom is 0.256 e. The topological polar surface area (TPSA) is 75.8 Å². The third-order valence-corrected chi connectivity index (χ3v) is 3.15. The van der Waals surface area contributed by atoms with Crippen molar-refractivity contribution in [1.82, 2.24) is 4.90 Å². The van der Waals surface area contributed by atoms with Gasteiger partial charge in [-0.3, -0.25) is 4.79 Å². The lowest BCUT2D eigenvalue weighted by Crippen LogP contribution is -2.45. The number of rotatable bonds is 2. The van der Waals surface area contributed by atoms with Gasteiger partial charge in [0.05, 0.1) is 18.3 Å². The van der Waals surface area contributed by atoms with Crippen LogP contribution in [0, 0.1) is 0 Å². The van der Waals surface area contributed by atoms with Crippen molar-refractivity contribution >= 4 is 11.6 Å². The molecule has 1 aromatic carbocycles. The largest absolute Gasteiger partial charge is 0.508 e. The van der Waals surface area contributed by atoms with Gasteiger partial charge >= 0.3 is 0 Å². The molecule has 1 fully saturated rings. The molecule has 1 atom stereocenters. The number of phenols is 1. The van der Waals surface area contributed by atoms with Crippen molar-refractivity contribution < 1.29 is 14.6 Å². The average Bonchev–Trinajstić information content (AvgIpc) is 2.41. The van der Waals surface area contributed by atoms with E-state index in [4.69, 9.17) is 10.5 Å². The zero-order valence-corrected chi connectivity index (χ0v) is 10.4. The second-order valence-corrected chi connectivity index (χ2v) is 4.42. The van der Waals surface area contributed by atoms with Crippen molar-refractivity contribution in [2.45, 2.75) is 19.4 Å². The smallest absolute Gasteiger partial charge is 0.256 e. The number of hydrogen-bond acceptors (Lipinski definition) is 4. The van der Waals surface area contributed by atoms with Crippen molar-refractivity contribution in [1.29, 1.82) is 0 Å². The van der Waals surface area contributed by atoms with E-state index in [2.05, 4.69) is 0 Å². The Labute approximate surface area is 106 Å². The monoisotopic (exact) mass is 250 g/mol. The molecule has 2 rings (SSSR count). The highest BCUT2D eigenvalue weighted by atomic mass is 16.5. The van der Waals surface area contributed by atoms with Crippen LogP contribution in [0.5, 0.6) is 5.75 Å². The highest BCUT2D eigenvalue weighted by Crippen LogP contribution is 2.21. The summed E-state index contributed by atoms with van der Waals surface area (Å²) in [5.74, 6) is -0.0991. The summed E-state index contributed by atoms with van der Waals surface area (Å²) in [6.45, 7) is 3.71. The molecule has 5 heteroatoms. The molecule has 0 aliphatic carbocycles. The summed E-state index contributed by atoms with van der Waals surface area (Å²) in [5, 5.41) is 9.43. The van der Waals surface area contributed by atoms with Crippen molar-refractivity contribution in [2.75, 3.05) is 25.4 Å². The second kappa shape index (κ2) is 5.27. The Hall–Kier alpha value is -1.75. The molecule has 5 nitrogen and oxygen atoms in total. The van der Waals surface area contributed by atoms with Crippen LogP contribution in [0.15, 0.2) is 18.2 Å². The lowest BCUT2D eigenvalue weighted by Gasteiger charge is -2.32. The van der Waals surface area contributed by atoms with Gasteiger partial charge in [0.15, 0.2) is 0 Å². The number of nitrogens with two attached hydrogens (primary N) is 1. The first kappa shape index (κ1) is 12.7. The molecule has 98 valence electrons. The predicted molar refractivity (Wildman–Crippen MR) is 68.5 cm³/mol. The van der Waals surface area contributed by atoms with Crippen molar-refractivity contribution in [3.63, 3.8) is 0 Å². The summed E-state index contributed by atoms with van der Waals surface area (Å²) in [5.41, 5.74) is 6.51. The Morgan fingerprint density at radius 1 is 1.61 bits per heavy atom. The van der Waals surface area contributed by atoms with E-state index in [9.17, 15) is 9.90 Å². The highest BCUT2D eigenvalue weighted by Gasteiger charge is 2.25. The summed E-state index contributed by atoms with van der Waals surface area (Å²) in [7, 11) is 0. The fraction of sp³-hybridized carbons (Fsp3) is 0.462. The number of ether oxygens (including phenoxy) is 1. The lowest BCUT2D eigenvalue weighted by atomic mass is 10.1. The number of benzene rings is 1. The van der Waals surface area contributed by atoms with E-state index < -0.39 is 0 Å². The van der Waals surface area contributed by atoms with Gasteiger partial charge in [-0.1, -0.05) is 6.92 Å². The Kier molecular flexibility index (Phi) is 3.72. The van der Waals surface area contributed by atoms with E-state index >= 15 is 0 Å². The van der Waals surface area contributed by atoms with Crippen LogP contribution in [-0.2, 0) is 4.74 Å². The minimum Gasteiger partial charge on any atom is -0.508 e. The number of anilines is 1. The van der Waals surface area contributed by atoms with Crippen LogP contribution >= 0.6 is 0 Å². The van der Waals surface area contributed by atoms with E-state index in [0.29, 0.717) is 30.9 Å². The van der Waals surface area contributed by atoms with Gasteiger partial charge in [-0.15, -0.1) is 0 Å². The SMILES string of the molecule is CCC1CN(C(=O)c2cc(O)ccc2N)CCO1. The van der Waals surface area contributed by atoms with Crippen LogP contribution in [0.4, 0.5) is 5.69 Å². The number of aromatic hydroxyl groups is 1. The molecule has 0 radical (unpaired) electrons. The minimum atomic E-state index is -0.148. The molecule has 0 bridgehead atoms. The predicted octanol–water partition coefficient (Wildman–Crippen LogP) is 1.23. The zero-order valence-electron chi connectivity index (χ0n) is 10.4. The molecule has 1 unspecified atom stereocenters. The van der Waals surface area contributed by atoms with Gasteiger partial charge in [0.1, 0.15) is 5.75 Å². The third kappa shape index (κ3) is 2.56. The highest BCUT2D eigenvalue weighted by molar-refractivity contribution is 5.99. The van der Waals surface area contributed by atoms with E-state index in [0.717, 1.165) is 6.42 Å². The summed E-state index contributed by atoms with van der Waals surface area (Å²) in [4.78, 5) is 14.0. The molecule has 1 amide bonds. The van der Waals surface area contributed by atoms with E-state index in [1.807, 2.05) is 6.92 Å². The number of carbonyl (C=O) groups excluding carboxylic acids is 1. The van der Waals surface area contributed by atoms with Crippen LogP contribution < -0.4 is 5.73 Å². The number of carbonyl (C=O) groups is 1. The number of phenolic OH excluding ortho intramolecular Hbond substituents is 1. The molecule has 3 N–H and O–H groups in total. The van der Waals surface area contributed by atoms with Crippen LogP contribution in [-0.4, -0.2) is 41.7 Å². The molecule has 0 saturated carbocycles. The average molecular weight is 250 g/mol. The van der Waals surface area contributed by atoms with E-state index in [1.165, 1.54) is 12.1 Å². The molecule has 1 heterocycles. The fourth-order valence-corrected chi connectivity index (χ4v) is 2.05. The summed E-state index contributed by atoms with van der Waals surface area (Å²) >= 11 is 0. The lowest BCUT2D eigenvalue weighted by molar-refractivity contribution is -0.0226. The van der Waals surface area contributed by atoms with Gasteiger partial charge in [-0.25, -0.2) is 0 Å². The number of morpholine rings is 1. The van der Waals surface area contributed by atoms with Crippen LogP contribution in [0.2, 0.25) is 0 Å². The Morgan fingerprint density at radius 3 is 3.11 bits per heavy atom. The standard InChI is InChI=1S/C13H18N2O3/c1-2-10-8-15(5-6-18-10)13(17)11-7-9(16)3-4-12(11)14/h3-4,7,10,16H,2,5-6,8,14H2,1H3. The van der Waals surface area contributed by atoms with Gasteiger partial charge < -0.3 is 20.5 Å². The molecule has 1 aromatic rings. The summed E-state index contributed by atoms with van der Waals surface area (Å²) in [6.07, 6.45) is 0.959. The molecule has 1 aliphatic heterocycles. The second-order valence-electron chi connectivity index (χ2n) is 4.42. The molecule has 0 spiro atoms. The first-order valence-electron chi connectivity index (χ1n) is 6.11. The minimum absolute atomic E-state index is 0.0489. The van der Waals surface area contributed by atoms with Crippen LogP contribution in [0.3, 0.4) is 0 Å². The first-order chi connectivity index (χ1) is 8.61. The first-order valence-corrected chi connectivity index (χ1v) is 6.11. The van der Waals surface area contributed by atoms with Crippen LogP contribution in [0.25, 0.3) is 0 Å².